The molecule has 0 aliphatic carbocycles. The van der Waals surface area contributed by atoms with Gasteiger partial charge in [0.05, 0.1) is 9.98 Å². The second-order valence-electron chi connectivity index (χ2n) is 7.16. The molecule has 0 saturated heterocycles. The maximum Gasteiger partial charge on any atom is 0.416 e. The first kappa shape index (κ1) is 19.8. The summed E-state index contributed by atoms with van der Waals surface area (Å²) in [6.45, 7) is 10.2. The summed E-state index contributed by atoms with van der Waals surface area (Å²) in [5.41, 5.74) is 1.61. The lowest BCUT2D eigenvalue weighted by molar-refractivity contribution is 0.0575. The molecule has 0 aromatic carbocycles. The minimum absolute atomic E-state index is 0.236. The highest BCUT2D eigenvalue weighted by atomic mass is 79.9. The first-order chi connectivity index (χ1) is 11.6. The fourth-order valence-corrected chi connectivity index (χ4v) is 3.50. The molecule has 136 valence electrons. The standard InChI is InChI=1S/C18H24BrN3O2S/c1-12(8-14-7-6-13(2)20-9-14)11-22(16-21-10-15(19)25-16)17(23)24-18(3,4)5/h6-7,9-10,12H,8,11H2,1-5H3/t12-/m0/s1. The quantitative estimate of drug-likeness (QED) is 0.657. The Morgan fingerprint density at radius 2 is 2.04 bits per heavy atom. The van der Waals surface area contributed by atoms with Crippen LogP contribution in [0.5, 0.6) is 0 Å². The van der Waals surface area contributed by atoms with Gasteiger partial charge in [-0.15, -0.1) is 0 Å². The number of ether oxygens (including phenoxy) is 1. The van der Waals surface area contributed by atoms with E-state index in [0.29, 0.717) is 11.7 Å². The van der Waals surface area contributed by atoms with E-state index in [0.717, 1.165) is 21.5 Å². The van der Waals surface area contributed by atoms with Crippen molar-refractivity contribution in [1.82, 2.24) is 9.97 Å². The zero-order valence-corrected chi connectivity index (χ0v) is 17.6. The lowest BCUT2D eigenvalue weighted by Gasteiger charge is -2.27. The number of carbonyl (C=O) groups excluding carboxylic acids is 1. The summed E-state index contributed by atoms with van der Waals surface area (Å²) < 4.78 is 6.44. The zero-order valence-electron chi connectivity index (χ0n) is 15.2. The Kier molecular flexibility index (Phi) is 6.57. The van der Waals surface area contributed by atoms with Gasteiger partial charge < -0.3 is 4.74 Å². The SMILES string of the molecule is Cc1ccc(C[C@H](C)CN(C(=O)OC(C)(C)C)c2ncc(Br)s2)cn1. The van der Waals surface area contributed by atoms with Gasteiger partial charge in [-0.25, -0.2) is 9.78 Å². The van der Waals surface area contributed by atoms with Crippen molar-refractivity contribution in [3.05, 3.63) is 39.6 Å². The van der Waals surface area contributed by atoms with Crippen molar-refractivity contribution < 1.29 is 9.53 Å². The topological polar surface area (TPSA) is 55.3 Å². The summed E-state index contributed by atoms with van der Waals surface area (Å²) in [5, 5.41) is 0.634. The van der Waals surface area contributed by atoms with E-state index in [1.165, 1.54) is 11.3 Å². The van der Waals surface area contributed by atoms with E-state index in [1.807, 2.05) is 40.0 Å². The molecule has 0 radical (unpaired) electrons. The Hall–Kier alpha value is -1.47. The van der Waals surface area contributed by atoms with E-state index in [-0.39, 0.29) is 12.0 Å². The summed E-state index contributed by atoms with van der Waals surface area (Å²) in [5.74, 6) is 0.236. The van der Waals surface area contributed by atoms with Crippen molar-refractivity contribution in [2.24, 2.45) is 5.92 Å². The maximum absolute atomic E-state index is 12.6. The van der Waals surface area contributed by atoms with Gasteiger partial charge >= 0.3 is 6.09 Å². The molecule has 0 aliphatic heterocycles. The van der Waals surface area contributed by atoms with Gasteiger partial charge in [0.2, 0.25) is 0 Å². The molecule has 0 unspecified atom stereocenters. The third-order valence-corrected chi connectivity index (χ3v) is 4.86. The molecule has 0 aliphatic rings. The van der Waals surface area contributed by atoms with Gasteiger partial charge in [-0.1, -0.05) is 24.3 Å². The van der Waals surface area contributed by atoms with Gasteiger partial charge in [0.1, 0.15) is 5.60 Å². The molecule has 1 amide bonds. The molecule has 7 heteroatoms. The summed E-state index contributed by atoms with van der Waals surface area (Å²) in [4.78, 5) is 22.9. The minimum atomic E-state index is -0.548. The molecule has 0 fully saturated rings. The number of hydrogen-bond acceptors (Lipinski definition) is 5. The third-order valence-electron chi connectivity index (χ3n) is 3.36. The highest BCUT2D eigenvalue weighted by Gasteiger charge is 2.27. The van der Waals surface area contributed by atoms with Crippen molar-refractivity contribution in [2.45, 2.75) is 46.6 Å². The predicted molar refractivity (Wildman–Crippen MR) is 105 cm³/mol. The number of aryl methyl sites for hydroxylation is 1. The fourth-order valence-electron chi connectivity index (χ4n) is 2.32. The number of halogens is 1. The molecule has 0 bridgehead atoms. The largest absolute Gasteiger partial charge is 0.443 e. The number of thiazole rings is 1. The lowest BCUT2D eigenvalue weighted by atomic mass is 10.0. The Balaban J connectivity index is 2.12. The molecule has 2 rings (SSSR count). The third kappa shape index (κ3) is 6.40. The van der Waals surface area contributed by atoms with Crippen LogP contribution < -0.4 is 4.90 Å². The number of anilines is 1. The van der Waals surface area contributed by atoms with E-state index < -0.39 is 5.60 Å². The molecule has 25 heavy (non-hydrogen) atoms. The second kappa shape index (κ2) is 8.27. The average Bonchev–Trinajstić information content (AvgIpc) is 2.91. The van der Waals surface area contributed by atoms with Gasteiger partial charge in [-0.2, -0.15) is 0 Å². The van der Waals surface area contributed by atoms with Crippen LogP contribution in [0.15, 0.2) is 28.3 Å². The summed E-state index contributed by atoms with van der Waals surface area (Å²) >= 11 is 4.83. The molecule has 0 saturated carbocycles. The average molecular weight is 426 g/mol. The maximum atomic E-state index is 12.6. The molecular weight excluding hydrogens is 402 g/mol. The van der Waals surface area contributed by atoms with E-state index in [9.17, 15) is 4.79 Å². The van der Waals surface area contributed by atoms with Crippen LogP contribution in [0.25, 0.3) is 0 Å². The van der Waals surface area contributed by atoms with Crippen LogP contribution in [0.4, 0.5) is 9.93 Å². The number of rotatable bonds is 5. The number of carbonyl (C=O) groups is 1. The molecule has 2 aromatic rings. The van der Waals surface area contributed by atoms with Crippen LogP contribution in [-0.2, 0) is 11.2 Å². The fraction of sp³-hybridized carbons (Fsp3) is 0.500. The predicted octanol–water partition coefficient (Wildman–Crippen LogP) is 5.23. The molecule has 5 nitrogen and oxygen atoms in total. The highest BCUT2D eigenvalue weighted by molar-refractivity contribution is 9.11. The summed E-state index contributed by atoms with van der Waals surface area (Å²) in [6.07, 6.45) is 4.05. The van der Waals surface area contributed by atoms with Crippen LogP contribution in [0.3, 0.4) is 0 Å². The molecule has 2 heterocycles. The van der Waals surface area contributed by atoms with E-state index in [1.54, 1.807) is 11.1 Å². The Labute approximate surface area is 161 Å². The number of pyridine rings is 1. The van der Waals surface area contributed by atoms with E-state index >= 15 is 0 Å². The van der Waals surface area contributed by atoms with E-state index in [2.05, 4.69) is 38.9 Å². The number of amides is 1. The van der Waals surface area contributed by atoms with Gasteiger partial charge in [0.25, 0.3) is 0 Å². The number of nitrogens with zero attached hydrogens (tertiary/aromatic N) is 3. The van der Waals surface area contributed by atoms with Gasteiger partial charge in [0.15, 0.2) is 5.13 Å². The summed E-state index contributed by atoms with van der Waals surface area (Å²) in [7, 11) is 0. The Morgan fingerprint density at radius 3 is 2.56 bits per heavy atom. The monoisotopic (exact) mass is 425 g/mol. The van der Waals surface area contributed by atoms with E-state index in [4.69, 9.17) is 4.74 Å². The van der Waals surface area contributed by atoms with Crippen molar-refractivity contribution in [3.63, 3.8) is 0 Å². The van der Waals surface area contributed by atoms with Crippen LogP contribution in [-0.4, -0.2) is 28.2 Å². The number of hydrogen-bond donors (Lipinski definition) is 0. The van der Waals surface area contributed by atoms with Crippen molar-refractivity contribution in [2.75, 3.05) is 11.4 Å². The smallest absolute Gasteiger partial charge is 0.416 e. The van der Waals surface area contributed by atoms with Crippen LogP contribution in [0.2, 0.25) is 0 Å². The van der Waals surface area contributed by atoms with Crippen molar-refractivity contribution >= 4 is 38.5 Å². The minimum Gasteiger partial charge on any atom is -0.443 e. The van der Waals surface area contributed by atoms with Crippen LogP contribution >= 0.6 is 27.3 Å². The first-order valence-electron chi connectivity index (χ1n) is 8.17. The molecule has 0 N–H and O–H groups in total. The Morgan fingerprint density at radius 1 is 1.32 bits per heavy atom. The van der Waals surface area contributed by atoms with Crippen molar-refractivity contribution in [1.29, 1.82) is 0 Å². The zero-order chi connectivity index (χ0) is 18.6. The highest BCUT2D eigenvalue weighted by Crippen LogP contribution is 2.29. The molecular formula is C18H24BrN3O2S. The summed E-state index contributed by atoms with van der Waals surface area (Å²) in [6, 6.07) is 4.09. The van der Waals surface area contributed by atoms with Gasteiger partial charge in [0, 0.05) is 18.4 Å². The van der Waals surface area contributed by atoms with Gasteiger partial charge in [-0.05, 0) is 67.6 Å². The molecule has 2 aromatic heterocycles. The van der Waals surface area contributed by atoms with Crippen LogP contribution in [0.1, 0.15) is 39.0 Å². The molecule has 1 atom stereocenters. The normalized spacial score (nSPS) is 12.7. The molecule has 0 spiro atoms. The van der Waals surface area contributed by atoms with Gasteiger partial charge in [-0.3, -0.25) is 9.88 Å². The first-order valence-corrected chi connectivity index (χ1v) is 9.78. The number of aromatic nitrogens is 2. The Bertz CT molecular complexity index is 710. The lowest BCUT2D eigenvalue weighted by Crippen LogP contribution is -2.39. The second-order valence-corrected chi connectivity index (χ2v) is 9.54. The van der Waals surface area contributed by atoms with Crippen molar-refractivity contribution in [3.8, 4) is 0 Å². The van der Waals surface area contributed by atoms with Crippen LogP contribution in [0, 0.1) is 12.8 Å².